The summed E-state index contributed by atoms with van der Waals surface area (Å²) in [6, 6.07) is 4.15. The molecule has 98 valence electrons. The average Bonchev–Trinajstić information content (AvgIpc) is 2.70. The summed E-state index contributed by atoms with van der Waals surface area (Å²) in [6.45, 7) is 14.7. The van der Waals surface area contributed by atoms with Gasteiger partial charge in [-0.05, 0) is 46.0 Å². The topological polar surface area (TPSA) is 28.4 Å². The lowest BCUT2D eigenvalue weighted by molar-refractivity contribution is 0.263. The molecule has 0 unspecified atom stereocenters. The van der Waals surface area contributed by atoms with Gasteiger partial charge >= 0.3 is 0 Å². The van der Waals surface area contributed by atoms with E-state index >= 15 is 0 Å². The molecule has 0 aliphatic heterocycles. The molecule has 0 saturated carbocycles. The summed E-state index contributed by atoms with van der Waals surface area (Å²) in [5.74, 6) is 2.07. The van der Waals surface area contributed by atoms with E-state index in [1.165, 1.54) is 0 Å². The van der Waals surface area contributed by atoms with E-state index in [4.69, 9.17) is 4.42 Å². The quantitative estimate of drug-likeness (QED) is 0.826. The van der Waals surface area contributed by atoms with Crippen LogP contribution in [0.3, 0.4) is 0 Å². The lowest BCUT2D eigenvalue weighted by Gasteiger charge is -2.19. The van der Waals surface area contributed by atoms with Gasteiger partial charge < -0.3 is 9.73 Å². The van der Waals surface area contributed by atoms with Crippen molar-refractivity contribution in [1.82, 2.24) is 10.2 Å². The first kappa shape index (κ1) is 14.3. The van der Waals surface area contributed by atoms with Gasteiger partial charge in [-0.3, -0.25) is 4.90 Å². The van der Waals surface area contributed by atoms with E-state index < -0.39 is 0 Å². The summed E-state index contributed by atoms with van der Waals surface area (Å²) in [6.07, 6.45) is 0. The zero-order chi connectivity index (χ0) is 12.9. The minimum atomic E-state index is 0.131. The molecule has 1 rings (SSSR count). The molecule has 0 aromatic carbocycles. The number of hydrogen-bond donors (Lipinski definition) is 1. The van der Waals surface area contributed by atoms with Crippen molar-refractivity contribution in [3.05, 3.63) is 23.7 Å². The Labute approximate surface area is 105 Å². The van der Waals surface area contributed by atoms with E-state index in [0.717, 1.165) is 37.7 Å². The van der Waals surface area contributed by atoms with Crippen molar-refractivity contribution in [3.63, 3.8) is 0 Å². The van der Waals surface area contributed by atoms with Crippen molar-refractivity contribution >= 4 is 0 Å². The Morgan fingerprint density at radius 3 is 2.24 bits per heavy atom. The minimum absolute atomic E-state index is 0.131. The Balaban J connectivity index is 2.48. The Morgan fingerprint density at radius 2 is 1.71 bits per heavy atom. The molecule has 1 aromatic rings. The Bertz CT molecular complexity index is 321. The number of nitrogens with one attached hydrogen (secondary N) is 1. The molecule has 0 atom stereocenters. The molecule has 0 radical (unpaired) electrons. The Morgan fingerprint density at radius 1 is 1.12 bits per heavy atom. The maximum Gasteiger partial charge on any atom is 0.118 e. The zero-order valence-corrected chi connectivity index (χ0v) is 11.8. The fourth-order valence-electron chi connectivity index (χ4n) is 1.62. The summed E-state index contributed by atoms with van der Waals surface area (Å²) in [5.41, 5.74) is 0.131. The SMILES string of the molecule is CCN(CC)Cc1ccc(CNC(C)(C)C)o1. The second-order valence-electron chi connectivity index (χ2n) is 5.43. The molecule has 17 heavy (non-hydrogen) atoms. The van der Waals surface area contributed by atoms with E-state index in [-0.39, 0.29) is 5.54 Å². The van der Waals surface area contributed by atoms with Crippen LogP contribution in [0.15, 0.2) is 16.5 Å². The average molecular weight is 238 g/mol. The summed E-state index contributed by atoms with van der Waals surface area (Å²) in [5, 5.41) is 3.43. The molecular weight excluding hydrogens is 212 g/mol. The van der Waals surface area contributed by atoms with Crippen LogP contribution in [-0.2, 0) is 13.1 Å². The molecule has 0 saturated heterocycles. The third kappa shape index (κ3) is 5.37. The van der Waals surface area contributed by atoms with Crippen LogP contribution in [0.5, 0.6) is 0 Å². The first-order valence-corrected chi connectivity index (χ1v) is 6.49. The lowest BCUT2D eigenvalue weighted by atomic mass is 10.1. The highest BCUT2D eigenvalue weighted by Crippen LogP contribution is 2.11. The standard InChI is InChI=1S/C14H26N2O/c1-6-16(7-2)11-13-9-8-12(17-13)10-15-14(3,4)5/h8-9,15H,6-7,10-11H2,1-5H3. The van der Waals surface area contributed by atoms with Gasteiger partial charge in [0.05, 0.1) is 13.1 Å². The van der Waals surface area contributed by atoms with E-state index in [9.17, 15) is 0 Å². The zero-order valence-electron chi connectivity index (χ0n) is 11.8. The Kier molecular flexibility index (Phi) is 5.22. The predicted molar refractivity (Wildman–Crippen MR) is 71.9 cm³/mol. The van der Waals surface area contributed by atoms with Crippen molar-refractivity contribution in [2.75, 3.05) is 13.1 Å². The summed E-state index contributed by atoms with van der Waals surface area (Å²) >= 11 is 0. The summed E-state index contributed by atoms with van der Waals surface area (Å²) in [4.78, 5) is 2.35. The normalized spacial score (nSPS) is 12.4. The van der Waals surface area contributed by atoms with Crippen molar-refractivity contribution in [3.8, 4) is 0 Å². The molecule has 1 N–H and O–H groups in total. The lowest BCUT2D eigenvalue weighted by Crippen LogP contribution is -2.34. The van der Waals surface area contributed by atoms with Crippen LogP contribution in [0.4, 0.5) is 0 Å². The van der Waals surface area contributed by atoms with Gasteiger partial charge in [-0.15, -0.1) is 0 Å². The van der Waals surface area contributed by atoms with Gasteiger partial charge in [0, 0.05) is 5.54 Å². The molecule has 1 aromatic heterocycles. The van der Waals surface area contributed by atoms with Crippen LogP contribution in [0.25, 0.3) is 0 Å². The van der Waals surface area contributed by atoms with Crippen molar-refractivity contribution in [2.24, 2.45) is 0 Å². The first-order chi connectivity index (χ1) is 7.94. The third-order valence-corrected chi connectivity index (χ3v) is 2.78. The van der Waals surface area contributed by atoms with Gasteiger partial charge in [-0.2, -0.15) is 0 Å². The number of nitrogens with zero attached hydrogens (tertiary/aromatic N) is 1. The van der Waals surface area contributed by atoms with Crippen LogP contribution in [-0.4, -0.2) is 23.5 Å². The maximum atomic E-state index is 5.81. The van der Waals surface area contributed by atoms with E-state index in [0.29, 0.717) is 0 Å². The smallest absolute Gasteiger partial charge is 0.118 e. The second kappa shape index (κ2) is 6.22. The highest BCUT2D eigenvalue weighted by atomic mass is 16.3. The molecule has 0 fully saturated rings. The van der Waals surface area contributed by atoms with Gasteiger partial charge in [-0.1, -0.05) is 13.8 Å². The largest absolute Gasteiger partial charge is 0.463 e. The molecule has 0 spiro atoms. The van der Waals surface area contributed by atoms with Gasteiger partial charge in [-0.25, -0.2) is 0 Å². The Hall–Kier alpha value is -0.800. The number of rotatable bonds is 6. The predicted octanol–water partition coefficient (Wildman–Crippen LogP) is 3.01. The highest BCUT2D eigenvalue weighted by molar-refractivity contribution is 5.07. The molecule has 1 heterocycles. The van der Waals surface area contributed by atoms with E-state index in [1.54, 1.807) is 0 Å². The van der Waals surface area contributed by atoms with Crippen molar-refractivity contribution in [2.45, 2.75) is 53.2 Å². The van der Waals surface area contributed by atoms with Crippen LogP contribution in [0.1, 0.15) is 46.1 Å². The number of hydrogen-bond acceptors (Lipinski definition) is 3. The van der Waals surface area contributed by atoms with Crippen LogP contribution < -0.4 is 5.32 Å². The molecule has 3 nitrogen and oxygen atoms in total. The van der Waals surface area contributed by atoms with Crippen LogP contribution >= 0.6 is 0 Å². The minimum Gasteiger partial charge on any atom is -0.463 e. The fraction of sp³-hybridized carbons (Fsp3) is 0.714. The molecular formula is C14H26N2O. The first-order valence-electron chi connectivity index (χ1n) is 6.49. The third-order valence-electron chi connectivity index (χ3n) is 2.78. The second-order valence-corrected chi connectivity index (χ2v) is 5.43. The summed E-state index contributed by atoms with van der Waals surface area (Å²) < 4.78 is 5.81. The molecule has 0 bridgehead atoms. The molecule has 0 aliphatic carbocycles. The van der Waals surface area contributed by atoms with E-state index in [2.05, 4.69) is 57.0 Å². The number of furan rings is 1. The fourth-order valence-corrected chi connectivity index (χ4v) is 1.62. The van der Waals surface area contributed by atoms with Gasteiger partial charge in [0.2, 0.25) is 0 Å². The van der Waals surface area contributed by atoms with Crippen molar-refractivity contribution < 1.29 is 4.42 Å². The molecule has 3 heteroatoms. The molecule has 0 amide bonds. The van der Waals surface area contributed by atoms with Gasteiger partial charge in [0.1, 0.15) is 11.5 Å². The van der Waals surface area contributed by atoms with E-state index in [1.807, 2.05) is 0 Å². The molecule has 0 aliphatic rings. The van der Waals surface area contributed by atoms with Gasteiger partial charge in [0.25, 0.3) is 0 Å². The van der Waals surface area contributed by atoms with Crippen LogP contribution in [0.2, 0.25) is 0 Å². The maximum absolute atomic E-state index is 5.81. The monoisotopic (exact) mass is 238 g/mol. The van der Waals surface area contributed by atoms with Crippen LogP contribution in [0, 0.1) is 0 Å². The highest BCUT2D eigenvalue weighted by Gasteiger charge is 2.11. The van der Waals surface area contributed by atoms with Gasteiger partial charge in [0.15, 0.2) is 0 Å². The van der Waals surface area contributed by atoms with Crippen molar-refractivity contribution in [1.29, 1.82) is 0 Å². The summed E-state index contributed by atoms with van der Waals surface area (Å²) in [7, 11) is 0.